The molecule has 0 radical (unpaired) electrons. The van der Waals surface area contributed by atoms with Crippen LogP contribution in [0.25, 0.3) is 10.1 Å². The average molecular weight is 414 g/mol. The first-order chi connectivity index (χ1) is 13.3. The summed E-state index contributed by atoms with van der Waals surface area (Å²) < 4.78 is 6.72. The highest BCUT2D eigenvalue weighted by molar-refractivity contribution is 7.21. The molecular formula is C23H24ClNO2S. The van der Waals surface area contributed by atoms with Crippen molar-refractivity contribution in [2.75, 3.05) is 11.5 Å². The summed E-state index contributed by atoms with van der Waals surface area (Å²) in [6.45, 7) is 9.07. The molecule has 2 aromatic carbocycles. The van der Waals surface area contributed by atoms with E-state index in [0.717, 1.165) is 33.5 Å². The zero-order valence-electron chi connectivity index (χ0n) is 16.6. The Morgan fingerprint density at radius 3 is 2.75 bits per heavy atom. The van der Waals surface area contributed by atoms with Crippen LogP contribution in [0.3, 0.4) is 0 Å². The molecule has 5 heteroatoms. The lowest BCUT2D eigenvalue weighted by molar-refractivity contribution is 0.0958. The van der Waals surface area contributed by atoms with Crippen molar-refractivity contribution < 1.29 is 9.53 Å². The van der Waals surface area contributed by atoms with Crippen LogP contribution in [0.2, 0.25) is 5.02 Å². The highest BCUT2D eigenvalue weighted by Gasteiger charge is 2.41. The quantitative estimate of drug-likeness (QED) is 0.468. The molecule has 1 aliphatic heterocycles. The first-order valence-electron chi connectivity index (χ1n) is 9.62. The summed E-state index contributed by atoms with van der Waals surface area (Å²) in [5.74, 6) is 1.15. The van der Waals surface area contributed by atoms with Gasteiger partial charge in [0.2, 0.25) is 0 Å². The molecule has 0 saturated carbocycles. The van der Waals surface area contributed by atoms with Crippen LogP contribution >= 0.6 is 22.9 Å². The summed E-state index contributed by atoms with van der Waals surface area (Å²) in [6, 6.07) is 13.9. The molecular weight excluding hydrogens is 390 g/mol. The third-order valence-corrected chi connectivity index (χ3v) is 7.09. The molecule has 1 aliphatic rings. The molecule has 28 heavy (non-hydrogen) atoms. The number of thiophene rings is 1. The van der Waals surface area contributed by atoms with Gasteiger partial charge in [-0.05, 0) is 62.9 Å². The van der Waals surface area contributed by atoms with Crippen LogP contribution in [-0.2, 0) is 0 Å². The second-order valence-electron chi connectivity index (χ2n) is 7.95. The predicted octanol–water partition coefficient (Wildman–Crippen LogP) is 6.89. The molecule has 4 rings (SSSR count). The van der Waals surface area contributed by atoms with Crippen LogP contribution in [0.4, 0.5) is 5.69 Å². The molecule has 3 aromatic rings. The number of hydrogen-bond donors (Lipinski definition) is 0. The third-order valence-electron chi connectivity index (χ3n) is 5.43. The highest BCUT2D eigenvalue weighted by atomic mass is 35.5. The number of carbonyl (C=O) groups excluding carboxylic acids is 1. The van der Waals surface area contributed by atoms with Gasteiger partial charge < -0.3 is 9.64 Å². The number of halogens is 1. The number of benzene rings is 2. The number of hydrogen-bond acceptors (Lipinski definition) is 3. The third kappa shape index (κ3) is 3.09. The Kier molecular flexibility index (Phi) is 4.88. The second-order valence-corrected chi connectivity index (χ2v) is 9.38. The van der Waals surface area contributed by atoms with Crippen molar-refractivity contribution in [3.8, 4) is 5.75 Å². The molecule has 0 N–H and O–H groups in total. The monoisotopic (exact) mass is 413 g/mol. The average Bonchev–Trinajstić information content (AvgIpc) is 2.99. The van der Waals surface area contributed by atoms with Crippen molar-refractivity contribution >= 4 is 44.6 Å². The van der Waals surface area contributed by atoms with E-state index < -0.39 is 0 Å². The van der Waals surface area contributed by atoms with Gasteiger partial charge in [-0.2, -0.15) is 0 Å². The number of anilines is 1. The highest BCUT2D eigenvalue weighted by Crippen LogP contribution is 2.47. The van der Waals surface area contributed by atoms with Gasteiger partial charge in [-0.3, -0.25) is 4.79 Å². The van der Waals surface area contributed by atoms with Crippen LogP contribution in [0, 0.1) is 0 Å². The minimum atomic E-state index is -0.309. The number of ether oxygens (including phenoxy) is 1. The molecule has 0 aliphatic carbocycles. The molecule has 0 unspecified atom stereocenters. The molecule has 2 heterocycles. The first-order valence-corrected chi connectivity index (χ1v) is 10.8. The fourth-order valence-corrected chi connectivity index (χ4v) is 5.74. The smallest absolute Gasteiger partial charge is 0.270 e. The summed E-state index contributed by atoms with van der Waals surface area (Å²) in [5.41, 5.74) is 1.79. The van der Waals surface area contributed by atoms with Crippen LogP contribution < -0.4 is 9.64 Å². The van der Waals surface area contributed by atoms with E-state index in [2.05, 4.69) is 26.8 Å². The van der Waals surface area contributed by atoms with E-state index in [9.17, 15) is 4.79 Å². The van der Waals surface area contributed by atoms with Gasteiger partial charge >= 0.3 is 0 Å². The maximum atomic E-state index is 13.7. The van der Waals surface area contributed by atoms with Crippen LogP contribution in [0.15, 0.2) is 42.5 Å². The maximum absolute atomic E-state index is 13.7. The van der Waals surface area contributed by atoms with Crippen molar-refractivity contribution in [1.29, 1.82) is 0 Å². The van der Waals surface area contributed by atoms with E-state index >= 15 is 0 Å². The largest absolute Gasteiger partial charge is 0.494 e. The molecule has 3 nitrogen and oxygen atoms in total. The maximum Gasteiger partial charge on any atom is 0.270 e. The van der Waals surface area contributed by atoms with E-state index in [0.29, 0.717) is 22.4 Å². The zero-order valence-corrected chi connectivity index (χ0v) is 18.2. The number of amides is 1. The van der Waals surface area contributed by atoms with E-state index in [4.69, 9.17) is 16.3 Å². The van der Waals surface area contributed by atoms with E-state index in [1.807, 2.05) is 48.2 Å². The molecule has 0 saturated heterocycles. The Morgan fingerprint density at radius 1 is 1.29 bits per heavy atom. The van der Waals surface area contributed by atoms with Crippen molar-refractivity contribution in [2.24, 2.45) is 0 Å². The fraction of sp³-hybridized carbons (Fsp3) is 0.348. The summed E-state index contributed by atoms with van der Waals surface area (Å²) in [4.78, 5) is 16.2. The molecule has 1 amide bonds. The number of carbonyl (C=O) groups is 1. The topological polar surface area (TPSA) is 29.5 Å². The Balaban J connectivity index is 1.84. The Bertz CT molecular complexity index is 1060. The summed E-state index contributed by atoms with van der Waals surface area (Å²) in [5, 5.41) is 1.49. The van der Waals surface area contributed by atoms with Gasteiger partial charge in [-0.1, -0.05) is 36.7 Å². The van der Waals surface area contributed by atoms with E-state index in [-0.39, 0.29) is 11.4 Å². The predicted molar refractivity (Wildman–Crippen MR) is 118 cm³/mol. The molecule has 0 fully saturated rings. The summed E-state index contributed by atoms with van der Waals surface area (Å²) in [6.07, 6.45) is 0.879. The SMILES string of the molecule is CCOc1ccc2c(c1)[C@H](C)CC(C)(C)N2C(=O)c1sc2ccccc2c1Cl. The summed E-state index contributed by atoms with van der Waals surface area (Å²) in [7, 11) is 0. The minimum absolute atomic E-state index is 0.0338. The van der Waals surface area contributed by atoms with E-state index in [1.165, 1.54) is 11.3 Å². The Labute approximate surface area is 174 Å². The number of fused-ring (bicyclic) bond motifs is 2. The van der Waals surface area contributed by atoms with Crippen molar-refractivity contribution in [1.82, 2.24) is 0 Å². The molecule has 146 valence electrons. The first kappa shape index (κ1) is 19.3. The molecule has 1 aromatic heterocycles. The lowest BCUT2D eigenvalue weighted by atomic mass is 9.80. The van der Waals surface area contributed by atoms with Crippen molar-refractivity contribution in [2.45, 2.75) is 45.6 Å². The normalized spacial score (nSPS) is 18.2. The standard InChI is InChI=1S/C23H24ClNO2S/c1-5-27-15-10-11-18-17(12-15)14(2)13-23(3,4)25(18)22(26)21-20(24)16-8-6-7-9-19(16)28-21/h6-12,14H,5,13H2,1-4H3/t14-/m1/s1. The molecule has 0 bridgehead atoms. The zero-order chi connectivity index (χ0) is 20.1. The lowest BCUT2D eigenvalue weighted by Gasteiger charge is -2.46. The van der Waals surface area contributed by atoms with Crippen LogP contribution in [0.5, 0.6) is 5.75 Å². The van der Waals surface area contributed by atoms with Crippen LogP contribution in [-0.4, -0.2) is 18.1 Å². The second kappa shape index (κ2) is 7.09. The van der Waals surface area contributed by atoms with E-state index in [1.54, 1.807) is 0 Å². The molecule has 0 spiro atoms. The Hall–Kier alpha value is -2.04. The van der Waals surface area contributed by atoms with Gasteiger partial charge in [0.1, 0.15) is 10.6 Å². The number of nitrogens with zero attached hydrogens (tertiary/aromatic N) is 1. The van der Waals surface area contributed by atoms with Gasteiger partial charge in [-0.25, -0.2) is 0 Å². The van der Waals surface area contributed by atoms with Gasteiger partial charge in [-0.15, -0.1) is 11.3 Å². The number of rotatable bonds is 3. The van der Waals surface area contributed by atoms with Crippen LogP contribution in [0.1, 0.15) is 55.3 Å². The lowest BCUT2D eigenvalue weighted by Crippen LogP contribution is -2.51. The van der Waals surface area contributed by atoms with Gasteiger partial charge in [0.15, 0.2) is 0 Å². The van der Waals surface area contributed by atoms with Gasteiger partial charge in [0.05, 0.1) is 11.6 Å². The summed E-state index contributed by atoms with van der Waals surface area (Å²) >= 11 is 8.09. The fourth-order valence-electron chi connectivity index (χ4n) is 4.30. The van der Waals surface area contributed by atoms with Crippen molar-refractivity contribution in [3.63, 3.8) is 0 Å². The van der Waals surface area contributed by atoms with Gasteiger partial charge in [0.25, 0.3) is 5.91 Å². The van der Waals surface area contributed by atoms with Crippen molar-refractivity contribution in [3.05, 3.63) is 57.9 Å². The Morgan fingerprint density at radius 2 is 2.04 bits per heavy atom. The molecule has 1 atom stereocenters. The van der Waals surface area contributed by atoms with Gasteiger partial charge in [0, 0.05) is 21.3 Å². The minimum Gasteiger partial charge on any atom is -0.494 e.